The first-order valence-electron chi connectivity index (χ1n) is 6.67. The average molecular weight is 350 g/mol. The van der Waals surface area contributed by atoms with E-state index in [-0.39, 0.29) is 0 Å². The number of hydrogen-bond donors (Lipinski definition) is 4. The van der Waals surface area contributed by atoms with E-state index in [0.29, 0.717) is 0 Å². The van der Waals surface area contributed by atoms with Gasteiger partial charge >= 0.3 is 29.8 Å². The lowest BCUT2D eigenvalue weighted by molar-refractivity contribution is -0.193. The second-order valence-electron chi connectivity index (χ2n) is 5.05. The Kier molecular flexibility index (Phi) is 7.83. The summed E-state index contributed by atoms with van der Waals surface area (Å²) in [5.41, 5.74) is -2.85. The van der Waals surface area contributed by atoms with Gasteiger partial charge in [-0.3, -0.25) is 14.4 Å². The van der Waals surface area contributed by atoms with Crippen molar-refractivity contribution in [2.45, 2.75) is 50.9 Å². The second kappa shape index (κ2) is 8.82. The molecule has 0 radical (unpaired) electrons. The van der Waals surface area contributed by atoms with Gasteiger partial charge in [0, 0.05) is 0 Å². The van der Waals surface area contributed by atoms with Crippen LogP contribution in [-0.2, 0) is 33.4 Å². The van der Waals surface area contributed by atoms with Crippen molar-refractivity contribution in [1.29, 1.82) is 0 Å². The van der Waals surface area contributed by atoms with E-state index in [1.807, 2.05) is 0 Å². The monoisotopic (exact) mass is 350 g/mol. The SMILES string of the molecule is CC(O)CC(=O)OC(C)C(=O)OC(CC(=O)O)(CC(=O)O)C(=O)O. The van der Waals surface area contributed by atoms with Gasteiger partial charge in [-0.1, -0.05) is 0 Å². The summed E-state index contributed by atoms with van der Waals surface area (Å²) in [6.45, 7) is 2.32. The zero-order chi connectivity index (χ0) is 19.1. The highest BCUT2D eigenvalue weighted by Crippen LogP contribution is 2.23. The van der Waals surface area contributed by atoms with E-state index in [4.69, 9.17) is 20.4 Å². The van der Waals surface area contributed by atoms with Crippen LogP contribution in [0.5, 0.6) is 0 Å². The Morgan fingerprint density at radius 2 is 1.42 bits per heavy atom. The van der Waals surface area contributed by atoms with E-state index in [1.54, 1.807) is 0 Å². The van der Waals surface area contributed by atoms with Gasteiger partial charge in [-0.15, -0.1) is 0 Å². The number of esters is 2. The molecule has 0 fully saturated rings. The van der Waals surface area contributed by atoms with Gasteiger partial charge in [-0.2, -0.15) is 0 Å². The molecule has 136 valence electrons. The van der Waals surface area contributed by atoms with Gasteiger partial charge in [-0.05, 0) is 13.8 Å². The molecule has 0 saturated heterocycles. The summed E-state index contributed by atoms with van der Waals surface area (Å²) >= 11 is 0. The number of carbonyl (C=O) groups excluding carboxylic acids is 2. The third-order valence-electron chi connectivity index (χ3n) is 2.66. The van der Waals surface area contributed by atoms with Crippen LogP contribution < -0.4 is 0 Å². The lowest BCUT2D eigenvalue weighted by atomic mass is 9.95. The first-order valence-corrected chi connectivity index (χ1v) is 6.67. The molecule has 24 heavy (non-hydrogen) atoms. The Labute approximate surface area is 135 Å². The van der Waals surface area contributed by atoms with Crippen LogP contribution in [0, 0.1) is 0 Å². The molecule has 0 aliphatic carbocycles. The minimum atomic E-state index is -2.85. The summed E-state index contributed by atoms with van der Waals surface area (Å²) in [5, 5.41) is 35.6. The lowest BCUT2D eigenvalue weighted by Crippen LogP contribution is -2.48. The Bertz CT molecular complexity index is 506. The summed E-state index contributed by atoms with van der Waals surface area (Å²) in [6, 6.07) is 0. The van der Waals surface area contributed by atoms with Crippen LogP contribution in [-0.4, -0.2) is 68.1 Å². The summed E-state index contributed by atoms with van der Waals surface area (Å²) in [5.74, 6) is -7.79. The van der Waals surface area contributed by atoms with E-state index in [1.165, 1.54) is 6.92 Å². The second-order valence-corrected chi connectivity index (χ2v) is 5.05. The van der Waals surface area contributed by atoms with Gasteiger partial charge in [0.25, 0.3) is 0 Å². The van der Waals surface area contributed by atoms with Crippen molar-refractivity contribution < 1.29 is 53.9 Å². The van der Waals surface area contributed by atoms with Crippen LogP contribution in [0.2, 0.25) is 0 Å². The molecule has 0 aliphatic rings. The van der Waals surface area contributed by atoms with E-state index < -0.39 is 66.9 Å². The first kappa shape index (κ1) is 21.3. The number of ether oxygens (including phenoxy) is 2. The van der Waals surface area contributed by atoms with Gasteiger partial charge in [-0.25, -0.2) is 9.59 Å². The molecule has 0 aromatic heterocycles. The molecule has 0 saturated carbocycles. The molecule has 0 rings (SSSR count). The largest absolute Gasteiger partial charge is 0.481 e. The lowest BCUT2D eigenvalue weighted by Gasteiger charge is -2.27. The third-order valence-corrected chi connectivity index (χ3v) is 2.66. The zero-order valence-corrected chi connectivity index (χ0v) is 12.9. The molecule has 0 heterocycles. The van der Waals surface area contributed by atoms with E-state index in [9.17, 15) is 24.0 Å². The highest BCUT2D eigenvalue weighted by molar-refractivity contribution is 5.91. The zero-order valence-electron chi connectivity index (χ0n) is 12.9. The minimum absolute atomic E-state index is 0.439. The van der Waals surface area contributed by atoms with Gasteiger partial charge in [0.05, 0.1) is 25.4 Å². The predicted molar refractivity (Wildman–Crippen MR) is 72.8 cm³/mol. The summed E-state index contributed by atoms with van der Waals surface area (Å²) < 4.78 is 9.15. The summed E-state index contributed by atoms with van der Waals surface area (Å²) in [6.07, 6.45) is -5.70. The standard InChI is InChI=1S/C13H18O11/c1-6(14)3-10(19)23-7(2)11(20)24-13(12(21)22,4-8(15)16)5-9(17)18/h6-7,14H,3-5H2,1-2H3,(H,15,16)(H,17,18)(H,21,22). The Morgan fingerprint density at radius 3 is 1.75 bits per heavy atom. The number of aliphatic hydroxyl groups is 1. The van der Waals surface area contributed by atoms with E-state index >= 15 is 0 Å². The van der Waals surface area contributed by atoms with Crippen molar-refractivity contribution >= 4 is 29.8 Å². The smallest absolute Gasteiger partial charge is 0.349 e. The number of aliphatic hydroxyl groups excluding tert-OH is 1. The maximum atomic E-state index is 11.8. The van der Waals surface area contributed by atoms with Crippen molar-refractivity contribution in [2.75, 3.05) is 0 Å². The van der Waals surface area contributed by atoms with Crippen molar-refractivity contribution in [3.8, 4) is 0 Å². The van der Waals surface area contributed by atoms with Crippen LogP contribution in [0.4, 0.5) is 0 Å². The quantitative estimate of drug-likeness (QED) is 0.354. The van der Waals surface area contributed by atoms with Crippen molar-refractivity contribution in [1.82, 2.24) is 0 Å². The molecule has 11 heteroatoms. The van der Waals surface area contributed by atoms with Crippen LogP contribution in [0.25, 0.3) is 0 Å². The normalized spacial score (nSPS) is 13.5. The fraction of sp³-hybridized carbons (Fsp3) is 0.615. The summed E-state index contributed by atoms with van der Waals surface area (Å²) in [4.78, 5) is 56.0. The van der Waals surface area contributed by atoms with Crippen molar-refractivity contribution in [2.24, 2.45) is 0 Å². The molecule has 11 nitrogen and oxygen atoms in total. The first-order chi connectivity index (χ1) is 10.9. The Hall–Kier alpha value is -2.69. The number of rotatable bonds is 10. The number of carbonyl (C=O) groups is 5. The maximum Gasteiger partial charge on any atom is 0.349 e. The molecule has 4 N–H and O–H groups in total. The van der Waals surface area contributed by atoms with Crippen LogP contribution in [0.1, 0.15) is 33.1 Å². The third kappa shape index (κ3) is 7.05. The number of carboxylic acid groups (broad SMARTS) is 3. The van der Waals surface area contributed by atoms with Gasteiger partial charge in [0.2, 0.25) is 5.60 Å². The van der Waals surface area contributed by atoms with Gasteiger partial charge in [0.1, 0.15) is 0 Å². The van der Waals surface area contributed by atoms with Crippen LogP contribution in [0.15, 0.2) is 0 Å². The fourth-order valence-electron chi connectivity index (χ4n) is 1.63. The molecular formula is C13H18O11. The van der Waals surface area contributed by atoms with E-state index in [0.717, 1.165) is 6.92 Å². The molecule has 0 aliphatic heterocycles. The van der Waals surface area contributed by atoms with E-state index in [2.05, 4.69) is 9.47 Å². The Balaban J connectivity index is 5.22. The molecule has 0 spiro atoms. The molecule has 2 atom stereocenters. The van der Waals surface area contributed by atoms with Crippen LogP contribution >= 0.6 is 0 Å². The van der Waals surface area contributed by atoms with Crippen molar-refractivity contribution in [3.63, 3.8) is 0 Å². The molecule has 0 bridgehead atoms. The Morgan fingerprint density at radius 1 is 0.958 bits per heavy atom. The highest BCUT2D eigenvalue weighted by Gasteiger charge is 2.48. The molecule has 0 amide bonds. The van der Waals surface area contributed by atoms with Crippen LogP contribution in [0.3, 0.4) is 0 Å². The maximum absolute atomic E-state index is 11.8. The predicted octanol–water partition coefficient (Wildman–Crippen LogP) is -0.995. The van der Waals surface area contributed by atoms with Gasteiger partial charge < -0.3 is 29.9 Å². The average Bonchev–Trinajstić information content (AvgIpc) is 2.34. The summed E-state index contributed by atoms with van der Waals surface area (Å²) in [7, 11) is 0. The highest BCUT2D eigenvalue weighted by atomic mass is 16.6. The fourth-order valence-corrected chi connectivity index (χ4v) is 1.63. The minimum Gasteiger partial charge on any atom is -0.481 e. The molecule has 2 unspecified atom stereocenters. The molecule has 0 aromatic rings. The van der Waals surface area contributed by atoms with Gasteiger partial charge in [0.15, 0.2) is 6.10 Å². The molecule has 0 aromatic carbocycles. The number of hydrogen-bond acceptors (Lipinski definition) is 8. The number of carboxylic acids is 3. The molecular weight excluding hydrogens is 332 g/mol. The number of aliphatic carboxylic acids is 3. The van der Waals surface area contributed by atoms with Crippen molar-refractivity contribution in [3.05, 3.63) is 0 Å². The topological polar surface area (TPSA) is 185 Å².